The Balaban J connectivity index is 1.65. The van der Waals surface area contributed by atoms with E-state index in [-0.39, 0.29) is 28.4 Å². The normalized spacial score (nSPS) is 20.2. The molecule has 0 bridgehead atoms. The summed E-state index contributed by atoms with van der Waals surface area (Å²) < 4.78 is 20.3. The van der Waals surface area contributed by atoms with Crippen molar-refractivity contribution in [2.45, 2.75) is 19.0 Å². The molecule has 3 heterocycles. The number of phenols is 1. The second-order valence-corrected chi connectivity index (χ2v) is 8.26. The first kappa shape index (κ1) is 19.7. The lowest BCUT2D eigenvalue weighted by Gasteiger charge is -2.47. The summed E-state index contributed by atoms with van der Waals surface area (Å²) in [7, 11) is 0. The van der Waals surface area contributed by atoms with Gasteiger partial charge in [-0.1, -0.05) is 17.7 Å². The topological polar surface area (TPSA) is 86.1 Å². The number of amides is 1. The maximum absolute atomic E-state index is 14.4. The zero-order valence-corrected chi connectivity index (χ0v) is 17.3. The molecular weight excluding hydrogens is 425 g/mol. The molecule has 2 aromatic carbocycles. The fourth-order valence-corrected chi connectivity index (χ4v) is 4.72. The fraction of sp³-hybridized carbons (Fsp3) is 0.273. The number of ether oxygens (including phenoxy) is 1. The summed E-state index contributed by atoms with van der Waals surface area (Å²) in [6.45, 7) is 3.05. The van der Waals surface area contributed by atoms with Crippen molar-refractivity contribution in [3.8, 4) is 22.6 Å². The summed E-state index contributed by atoms with van der Waals surface area (Å²) in [6, 6.07) is 7.10. The van der Waals surface area contributed by atoms with E-state index in [1.165, 1.54) is 23.1 Å². The molecule has 1 saturated heterocycles. The van der Waals surface area contributed by atoms with Gasteiger partial charge in [0.15, 0.2) is 5.75 Å². The zero-order chi connectivity index (χ0) is 21.9. The monoisotopic (exact) mass is 443 g/mol. The quantitative estimate of drug-likeness (QED) is 0.581. The Bertz CT molecular complexity index is 1200. The van der Waals surface area contributed by atoms with Crippen LogP contribution in [0.5, 0.6) is 11.5 Å². The average Bonchev–Trinajstić information content (AvgIpc) is 2.73. The molecule has 1 fully saturated rings. The second-order valence-electron chi connectivity index (χ2n) is 7.86. The maximum atomic E-state index is 14.4. The molecule has 160 valence electrons. The molecule has 1 aromatic heterocycles. The molecule has 1 amide bonds. The molecule has 0 aliphatic carbocycles. The van der Waals surface area contributed by atoms with Gasteiger partial charge in [-0.2, -0.15) is 0 Å². The molecule has 2 aliphatic heterocycles. The van der Waals surface area contributed by atoms with E-state index in [0.29, 0.717) is 36.5 Å². The summed E-state index contributed by atoms with van der Waals surface area (Å²) in [5.74, 6) is -0.195. The number of aromatic nitrogens is 1. The van der Waals surface area contributed by atoms with E-state index < -0.39 is 11.9 Å². The van der Waals surface area contributed by atoms with Gasteiger partial charge in [-0.3, -0.25) is 4.98 Å². The molecule has 2 N–H and O–H groups in total. The molecule has 31 heavy (non-hydrogen) atoms. The number of pyridine rings is 1. The van der Waals surface area contributed by atoms with E-state index in [1.54, 1.807) is 18.3 Å². The Morgan fingerprint density at radius 3 is 2.87 bits per heavy atom. The Morgan fingerprint density at radius 1 is 1.32 bits per heavy atom. The van der Waals surface area contributed by atoms with E-state index in [9.17, 15) is 19.4 Å². The van der Waals surface area contributed by atoms with Crippen LogP contribution >= 0.6 is 11.6 Å². The van der Waals surface area contributed by atoms with Gasteiger partial charge in [0.1, 0.15) is 18.2 Å². The summed E-state index contributed by atoms with van der Waals surface area (Å²) in [6.07, 6.45) is 0.663. The minimum atomic E-state index is -0.949. The number of piperazine rings is 1. The van der Waals surface area contributed by atoms with Crippen LogP contribution in [0.25, 0.3) is 22.0 Å². The van der Waals surface area contributed by atoms with Crippen LogP contribution in [-0.4, -0.2) is 58.0 Å². The second kappa shape index (κ2) is 7.16. The van der Waals surface area contributed by atoms with Crippen LogP contribution in [0.3, 0.4) is 0 Å². The number of fused-ring (bicyclic) bond motifs is 5. The molecule has 2 atom stereocenters. The van der Waals surface area contributed by atoms with Crippen molar-refractivity contribution in [3.63, 3.8) is 0 Å². The first-order chi connectivity index (χ1) is 14.8. The summed E-state index contributed by atoms with van der Waals surface area (Å²) in [5, 5.41) is 20.7. The number of carbonyl (C=O) groups is 1. The van der Waals surface area contributed by atoms with Crippen LogP contribution in [0.1, 0.15) is 6.92 Å². The number of halogens is 2. The number of rotatable bonds is 1. The lowest BCUT2D eigenvalue weighted by molar-refractivity contribution is 0.100. The average molecular weight is 444 g/mol. The predicted molar refractivity (Wildman–Crippen MR) is 115 cm³/mol. The number of nitrogens with zero attached hydrogens (tertiary/aromatic N) is 3. The predicted octanol–water partition coefficient (Wildman–Crippen LogP) is 4.35. The smallest absolute Gasteiger partial charge is 0.407 e. The van der Waals surface area contributed by atoms with Crippen molar-refractivity contribution < 1.29 is 24.1 Å². The minimum Gasteiger partial charge on any atom is -0.507 e. The Kier molecular flexibility index (Phi) is 4.55. The first-order valence-electron chi connectivity index (χ1n) is 9.84. The van der Waals surface area contributed by atoms with Crippen LogP contribution in [-0.2, 0) is 0 Å². The van der Waals surface area contributed by atoms with Crippen molar-refractivity contribution >= 4 is 34.3 Å². The highest BCUT2D eigenvalue weighted by atomic mass is 35.5. The highest BCUT2D eigenvalue weighted by molar-refractivity contribution is 6.34. The highest BCUT2D eigenvalue weighted by Crippen LogP contribution is 2.45. The Labute approximate surface area is 182 Å². The van der Waals surface area contributed by atoms with Gasteiger partial charge in [0.2, 0.25) is 0 Å². The van der Waals surface area contributed by atoms with Gasteiger partial charge >= 0.3 is 6.09 Å². The van der Waals surface area contributed by atoms with Crippen LogP contribution in [0.4, 0.5) is 14.9 Å². The van der Waals surface area contributed by atoms with Gasteiger partial charge in [-0.25, -0.2) is 9.18 Å². The molecule has 7 nitrogen and oxygen atoms in total. The third kappa shape index (κ3) is 3.09. The molecule has 0 saturated carbocycles. The van der Waals surface area contributed by atoms with E-state index in [0.717, 1.165) is 11.1 Å². The standard InChI is InChI=1S/C22H19ClFN3O4/c1-11-8-27-12(9-26(11)22(29)30)10-31-19-7-25-17-6-13(15(23)5-14(17)21(19)27)20-16(24)3-2-4-18(20)28/h2-7,11-12,28H,8-10H2,1H3,(H,29,30)/t11-,12-/m1/s1. The van der Waals surface area contributed by atoms with Crippen molar-refractivity contribution in [1.29, 1.82) is 0 Å². The maximum Gasteiger partial charge on any atom is 0.407 e. The zero-order valence-electron chi connectivity index (χ0n) is 16.5. The molecule has 9 heteroatoms. The fourth-order valence-electron chi connectivity index (χ4n) is 4.46. The largest absolute Gasteiger partial charge is 0.507 e. The van der Waals surface area contributed by atoms with Crippen LogP contribution in [0.15, 0.2) is 36.5 Å². The number of aromatic hydroxyl groups is 1. The molecular formula is C22H19ClFN3O4. The van der Waals surface area contributed by atoms with Gasteiger partial charge in [-0.15, -0.1) is 0 Å². The van der Waals surface area contributed by atoms with Gasteiger partial charge in [0.25, 0.3) is 0 Å². The molecule has 5 rings (SSSR count). The first-order valence-corrected chi connectivity index (χ1v) is 10.2. The summed E-state index contributed by atoms with van der Waals surface area (Å²) in [5.41, 5.74) is 1.73. The van der Waals surface area contributed by atoms with Crippen LogP contribution in [0, 0.1) is 5.82 Å². The van der Waals surface area contributed by atoms with Crippen molar-refractivity contribution in [1.82, 2.24) is 9.88 Å². The van der Waals surface area contributed by atoms with Gasteiger partial charge in [0.05, 0.1) is 29.0 Å². The van der Waals surface area contributed by atoms with E-state index >= 15 is 0 Å². The van der Waals surface area contributed by atoms with E-state index in [4.69, 9.17) is 16.3 Å². The number of carboxylic acid groups (broad SMARTS) is 1. The van der Waals surface area contributed by atoms with Crippen molar-refractivity contribution in [3.05, 3.63) is 47.4 Å². The lowest BCUT2D eigenvalue weighted by Crippen LogP contribution is -2.61. The van der Waals surface area contributed by atoms with Crippen molar-refractivity contribution in [2.75, 3.05) is 24.6 Å². The summed E-state index contributed by atoms with van der Waals surface area (Å²) in [4.78, 5) is 19.6. The van der Waals surface area contributed by atoms with E-state index in [2.05, 4.69) is 9.88 Å². The van der Waals surface area contributed by atoms with E-state index in [1.807, 2.05) is 6.92 Å². The van der Waals surface area contributed by atoms with Crippen LogP contribution in [0.2, 0.25) is 5.02 Å². The third-order valence-corrected chi connectivity index (χ3v) is 6.27. The summed E-state index contributed by atoms with van der Waals surface area (Å²) >= 11 is 6.54. The molecule has 0 unspecified atom stereocenters. The molecule has 0 spiro atoms. The number of hydrogen-bond donors (Lipinski definition) is 2. The molecule has 3 aromatic rings. The molecule has 2 aliphatic rings. The minimum absolute atomic E-state index is 0.0201. The van der Waals surface area contributed by atoms with Gasteiger partial charge in [0, 0.05) is 35.1 Å². The highest BCUT2D eigenvalue weighted by Gasteiger charge is 2.39. The number of benzene rings is 2. The van der Waals surface area contributed by atoms with Gasteiger partial charge < -0.3 is 24.7 Å². The van der Waals surface area contributed by atoms with Gasteiger partial charge in [-0.05, 0) is 31.2 Å². The Morgan fingerprint density at radius 2 is 2.13 bits per heavy atom. The Hall–Kier alpha value is -3.26. The number of anilines is 1. The number of phenolic OH excluding ortho intramolecular Hbond substituents is 1. The lowest BCUT2D eigenvalue weighted by atomic mass is 9.99. The number of hydrogen-bond acceptors (Lipinski definition) is 5. The molecule has 0 radical (unpaired) electrons. The van der Waals surface area contributed by atoms with Crippen molar-refractivity contribution in [2.24, 2.45) is 0 Å². The third-order valence-electron chi connectivity index (χ3n) is 5.96. The van der Waals surface area contributed by atoms with Crippen LogP contribution < -0.4 is 9.64 Å². The SMILES string of the molecule is C[C@@H]1CN2c3c(cnc4cc(-c5c(O)cccc5F)c(Cl)cc34)OC[C@H]2CN1C(=O)O.